The molecule has 0 atom stereocenters. The highest BCUT2D eigenvalue weighted by atomic mass is 28.3. The number of aromatic nitrogens is 1. The normalized spacial score (nSPS) is 15.3. The molecule has 0 aliphatic heterocycles. The lowest BCUT2D eigenvalue weighted by atomic mass is 9.96. The van der Waals surface area contributed by atoms with Crippen molar-refractivity contribution in [2.45, 2.75) is 64.6 Å². The van der Waals surface area contributed by atoms with E-state index >= 15 is 0 Å². The summed E-state index contributed by atoms with van der Waals surface area (Å²) in [4.78, 5) is 3.71. The fourth-order valence-electron chi connectivity index (χ4n) is 5.32. The summed E-state index contributed by atoms with van der Waals surface area (Å²) in [6.45, 7) is 16.9. The Morgan fingerprint density at radius 2 is 1.73 bits per heavy atom. The molecule has 1 fully saturated rings. The summed E-state index contributed by atoms with van der Waals surface area (Å²) in [7, 11) is 0.627. The fraction of sp³-hybridized carbons (Fsp3) is 0.407. The topological polar surface area (TPSA) is 8.24 Å². The van der Waals surface area contributed by atoms with E-state index in [0.29, 0.717) is 5.69 Å². The minimum Gasteiger partial charge on any atom is -0.238 e. The summed E-state index contributed by atoms with van der Waals surface area (Å²) in [5.74, 6) is 0. The van der Waals surface area contributed by atoms with Gasteiger partial charge >= 0.3 is 0 Å². The largest absolute Gasteiger partial charge is 0.238 e. The van der Waals surface area contributed by atoms with Crippen LogP contribution in [0.2, 0.25) is 18.6 Å². The Balaban J connectivity index is 1.87. The van der Waals surface area contributed by atoms with Crippen molar-refractivity contribution >= 4 is 29.7 Å². The average Bonchev–Trinajstić information content (AvgIpc) is 2.76. The predicted octanol–water partition coefficient (Wildman–Crippen LogP) is 6.75. The Kier molecular flexibility index (Phi) is 5.55. The molecule has 0 N–H and O–H groups in total. The van der Waals surface area contributed by atoms with Crippen molar-refractivity contribution in [2.24, 2.45) is 7.05 Å². The first kappa shape index (κ1) is 20.8. The van der Waals surface area contributed by atoms with E-state index in [0.717, 1.165) is 5.54 Å². The molecule has 4 rings (SSSR count). The monoisotopic (exact) mass is 413 g/mol. The van der Waals surface area contributed by atoms with Crippen molar-refractivity contribution in [1.29, 1.82) is 0 Å². The third kappa shape index (κ3) is 3.59. The first-order chi connectivity index (χ1) is 14.3. The van der Waals surface area contributed by atoms with Crippen LogP contribution in [0.4, 0.5) is 5.69 Å². The number of nitrogens with zero attached hydrogens (tertiary/aromatic N) is 2. The minimum absolute atomic E-state index is 0.715. The van der Waals surface area contributed by atoms with E-state index in [1.807, 2.05) is 6.07 Å². The van der Waals surface area contributed by atoms with E-state index in [1.54, 1.807) is 5.19 Å². The third-order valence-electron chi connectivity index (χ3n) is 7.54. The maximum Gasteiger partial charge on any atom is 0.219 e. The zero-order chi connectivity index (χ0) is 21.5. The van der Waals surface area contributed by atoms with Crippen molar-refractivity contribution in [3.8, 4) is 11.3 Å². The van der Waals surface area contributed by atoms with Gasteiger partial charge in [-0.25, -0.2) is 9.41 Å². The van der Waals surface area contributed by atoms with Gasteiger partial charge in [-0.2, -0.15) is 0 Å². The lowest BCUT2D eigenvalue weighted by molar-refractivity contribution is -0.659. The highest BCUT2D eigenvalue weighted by Gasteiger charge is 2.34. The molecule has 1 heterocycles. The molecule has 2 nitrogen and oxygen atoms in total. The lowest BCUT2D eigenvalue weighted by Crippen LogP contribution is -2.46. The van der Waals surface area contributed by atoms with E-state index in [2.05, 4.69) is 79.9 Å². The summed E-state index contributed by atoms with van der Waals surface area (Å²) in [6.07, 6.45) is 9.23. The van der Waals surface area contributed by atoms with Gasteiger partial charge in [0.05, 0.1) is 20.0 Å². The van der Waals surface area contributed by atoms with E-state index in [1.165, 1.54) is 65.3 Å². The molecule has 0 radical (unpaired) electrons. The Labute approximate surface area is 182 Å². The van der Waals surface area contributed by atoms with Crippen LogP contribution in [-0.4, -0.2) is 8.07 Å². The summed E-state index contributed by atoms with van der Waals surface area (Å²) < 4.78 is 2.21. The maximum atomic E-state index is 7.50. The number of fused-ring (bicyclic) bond motifs is 1. The predicted molar refractivity (Wildman–Crippen MR) is 130 cm³/mol. The smallest absolute Gasteiger partial charge is 0.219 e. The average molecular weight is 414 g/mol. The van der Waals surface area contributed by atoms with Gasteiger partial charge in [-0.1, -0.05) is 74.1 Å². The summed E-state index contributed by atoms with van der Waals surface area (Å²) in [5, 5.41) is 4.19. The van der Waals surface area contributed by atoms with E-state index in [-0.39, 0.29) is 0 Å². The first-order valence-corrected chi connectivity index (χ1v) is 14.3. The molecule has 0 bridgehead atoms. The number of benzene rings is 2. The lowest BCUT2D eigenvalue weighted by Gasteiger charge is -2.36. The SMILES string of the molecule is [C-]#[N+]c1cc(C)c(C)c(-c2c3ccc([Si](C)(C)C4CCCCC4)cc3cc[n+]2C)c1. The highest BCUT2D eigenvalue weighted by molar-refractivity contribution is 6.91. The van der Waals surface area contributed by atoms with Crippen molar-refractivity contribution in [3.63, 3.8) is 0 Å². The molecule has 2 aromatic carbocycles. The molecule has 0 saturated heterocycles. The second kappa shape index (κ2) is 8.00. The van der Waals surface area contributed by atoms with Crippen LogP contribution < -0.4 is 9.75 Å². The first-order valence-electron chi connectivity index (χ1n) is 11.2. The van der Waals surface area contributed by atoms with Gasteiger partial charge in [0.15, 0.2) is 11.9 Å². The van der Waals surface area contributed by atoms with Crippen LogP contribution in [0.25, 0.3) is 26.9 Å². The third-order valence-corrected chi connectivity index (χ3v) is 12.0. The van der Waals surface area contributed by atoms with Gasteiger partial charge in [-0.15, -0.1) is 0 Å². The summed E-state index contributed by atoms with van der Waals surface area (Å²) >= 11 is 0. The molecule has 0 amide bonds. The summed E-state index contributed by atoms with van der Waals surface area (Å²) in [5.41, 5.74) is 6.44. The number of pyridine rings is 1. The molecule has 3 heteroatoms. The Bertz CT molecular complexity index is 1150. The van der Waals surface area contributed by atoms with Crippen LogP contribution >= 0.6 is 0 Å². The van der Waals surface area contributed by atoms with Gasteiger partial charge < -0.3 is 0 Å². The van der Waals surface area contributed by atoms with Crippen molar-refractivity contribution in [3.05, 3.63) is 65.1 Å². The van der Waals surface area contributed by atoms with Crippen molar-refractivity contribution < 1.29 is 4.57 Å². The molecular formula is C27H33N2Si+. The molecule has 154 valence electrons. The number of hydrogen-bond acceptors (Lipinski definition) is 0. The highest BCUT2D eigenvalue weighted by Crippen LogP contribution is 2.38. The Morgan fingerprint density at radius 1 is 1.00 bits per heavy atom. The molecule has 1 saturated carbocycles. The molecule has 30 heavy (non-hydrogen) atoms. The molecule has 1 aromatic heterocycles. The van der Waals surface area contributed by atoms with E-state index < -0.39 is 8.07 Å². The molecule has 0 unspecified atom stereocenters. The fourth-order valence-corrected chi connectivity index (χ4v) is 8.68. The zero-order valence-electron chi connectivity index (χ0n) is 19.0. The van der Waals surface area contributed by atoms with E-state index in [4.69, 9.17) is 6.57 Å². The number of hydrogen-bond donors (Lipinski definition) is 0. The zero-order valence-corrected chi connectivity index (χ0v) is 20.0. The molecule has 3 aromatic rings. The minimum atomic E-state index is -1.49. The Morgan fingerprint density at radius 3 is 2.43 bits per heavy atom. The molecule has 1 aliphatic carbocycles. The maximum absolute atomic E-state index is 7.50. The Hall–Kier alpha value is -2.44. The standard InChI is InChI=1S/C27H33N2Si/c1-19-16-22(28-3)18-26(20(19)2)27-25-13-12-24(17-21(25)14-15-29(27)4)30(5,6)23-10-8-7-9-11-23/h12-18,23H,7-11H2,1-2,4-6H3/q+1. The molecule has 1 aliphatic rings. The molecule has 0 spiro atoms. The van der Waals surface area contributed by atoms with Crippen LogP contribution in [0.3, 0.4) is 0 Å². The van der Waals surface area contributed by atoms with Gasteiger partial charge in [-0.3, -0.25) is 0 Å². The second-order valence-corrected chi connectivity index (χ2v) is 14.5. The van der Waals surface area contributed by atoms with Gasteiger partial charge in [0.2, 0.25) is 5.69 Å². The van der Waals surface area contributed by atoms with Crippen LogP contribution in [0.1, 0.15) is 43.2 Å². The molecular weight excluding hydrogens is 380 g/mol. The van der Waals surface area contributed by atoms with Gasteiger partial charge in [-0.05, 0) is 42.5 Å². The van der Waals surface area contributed by atoms with Gasteiger partial charge in [0.1, 0.15) is 7.05 Å². The van der Waals surface area contributed by atoms with E-state index in [9.17, 15) is 0 Å². The van der Waals surface area contributed by atoms with Gasteiger partial charge in [0, 0.05) is 11.6 Å². The quantitative estimate of drug-likeness (QED) is 0.255. The second-order valence-electron chi connectivity index (χ2n) is 9.68. The number of aryl methyl sites for hydroxylation is 2. The van der Waals surface area contributed by atoms with Crippen LogP contribution in [0, 0.1) is 20.4 Å². The van der Waals surface area contributed by atoms with Crippen LogP contribution in [0.15, 0.2) is 42.6 Å². The van der Waals surface area contributed by atoms with Gasteiger partial charge in [0.25, 0.3) is 0 Å². The number of rotatable bonds is 3. The van der Waals surface area contributed by atoms with Crippen molar-refractivity contribution in [2.75, 3.05) is 0 Å². The van der Waals surface area contributed by atoms with Crippen molar-refractivity contribution in [1.82, 2.24) is 0 Å². The van der Waals surface area contributed by atoms with Crippen LogP contribution in [0.5, 0.6) is 0 Å². The van der Waals surface area contributed by atoms with Crippen LogP contribution in [-0.2, 0) is 7.05 Å². The summed E-state index contributed by atoms with van der Waals surface area (Å²) in [6, 6.07) is 13.5.